The molecule has 2 fully saturated rings. The number of rotatable bonds is 2. The number of halogens is 2. The lowest BCUT2D eigenvalue weighted by Gasteiger charge is -2.41. The number of benzene rings is 1. The Hall–Kier alpha value is -0.500. The van der Waals surface area contributed by atoms with Crippen molar-refractivity contribution in [2.45, 2.75) is 36.7 Å². The van der Waals surface area contributed by atoms with Crippen LogP contribution in [0.4, 0.5) is 4.39 Å². The van der Waals surface area contributed by atoms with Gasteiger partial charge in [0.05, 0.1) is 9.37 Å². The molecule has 0 aliphatic carbocycles. The first kappa shape index (κ1) is 15.4. The maximum absolute atomic E-state index is 13.7. The fourth-order valence-electron chi connectivity index (χ4n) is 3.27. The van der Waals surface area contributed by atoms with Gasteiger partial charge in [0.1, 0.15) is 5.82 Å². The zero-order valence-corrected chi connectivity index (χ0v) is 14.2. The lowest BCUT2D eigenvalue weighted by Crippen LogP contribution is -2.56. The van der Waals surface area contributed by atoms with Crippen molar-refractivity contribution < 1.29 is 12.8 Å². The minimum absolute atomic E-state index is 0.0292. The van der Waals surface area contributed by atoms with Crippen LogP contribution in [-0.4, -0.2) is 49.3 Å². The van der Waals surface area contributed by atoms with Gasteiger partial charge in [0.2, 0.25) is 10.0 Å². The van der Waals surface area contributed by atoms with E-state index in [-0.39, 0.29) is 15.4 Å². The first-order chi connectivity index (χ1) is 9.89. The van der Waals surface area contributed by atoms with E-state index in [1.807, 2.05) is 6.92 Å². The van der Waals surface area contributed by atoms with Crippen molar-refractivity contribution in [1.29, 1.82) is 0 Å². The summed E-state index contributed by atoms with van der Waals surface area (Å²) in [5, 5.41) is 0. The van der Waals surface area contributed by atoms with Gasteiger partial charge in [-0.15, -0.1) is 0 Å². The van der Waals surface area contributed by atoms with E-state index in [1.54, 1.807) is 0 Å². The highest BCUT2D eigenvalue weighted by Gasteiger charge is 2.40. The SMILES string of the molecule is CC1CN2CCCC2CN1S(=O)(=O)c1ccc(Br)c(F)c1. The van der Waals surface area contributed by atoms with E-state index in [1.165, 1.54) is 16.4 Å². The molecule has 2 heterocycles. The molecule has 0 amide bonds. The molecular formula is C14H18BrFN2O2S. The normalized spacial score (nSPS) is 27.8. The number of sulfonamides is 1. The molecule has 0 spiro atoms. The Balaban J connectivity index is 1.91. The van der Waals surface area contributed by atoms with Crippen LogP contribution in [0.5, 0.6) is 0 Å². The van der Waals surface area contributed by atoms with Crippen molar-refractivity contribution >= 4 is 26.0 Å². The standard InChI is InChI=1S/C14H18BrFN2O2S/c1-10-8-17-6-2-3-11(17)9-18(10)21(19,20)12-4-5-13(15)14(16)7-12/h4-5,7,10-11H,2-3,6,8-9H2,1H3. The van der Waals surface area contributed by atoms with Gasteiger partial charge < -0.3 is 0 Å². The van der Waals surface area contributed by atoms with E-state index >= 15 is 0 Å². The molecule has 4 nitrogen and oxygen atoms in total. The number of nitrogens with zero attached hydrogens (tertiary/aromatic N) is 2. The van der Waals surface area contributed by atoms with E-state index in [0.717, 1.165) is 32.0 Å². The first-order valence-corrected chi connectivity index (χ1v) is 9.34. The molecule has 0 N–H and O–H groups in total. The van der Waals surface area contributed by atoms with Crippen LogP contribution in [0.15, 0.2) is 27.6 Å². The minimum atomic E-state index is -3.64. The molecule has 0 saturated carbocycles. The second kappa shape index (κ2) is 5.61. The Labute approximate surface area is 133 Å². The highest BCUT2D eigenvalue weighted by molar-refractivity contribution is 9.10. The second-order valence-electron chi connectivity index (χ2n) is 5.79. The van der Waals surface area contributed by atoms with Gasteiger partial charge in [0.25, 0.3) is 0 Å². The van der Waals surface area contributed by atoms with E-state index < -0.39 is 15.8 Å². The molecule has 7 heteroatoms. The Morgan fingerprint density at radius 3 is 2.81 bits per heavy atom. The average molecular weight is 377 g/mol. The zero-order valence-electron chi connectivity index (χ0n) is 11.8. The molecule has 2 aliphatic heterocycles. The van der Waals surface area contributed by atoms with E-state index in [2.05, 4.69) is 20.8 Å². The molecule has 2 atom stereocenters. The van der Waals surface area contributed by atoms with Crippen LogP contribution in [0.2, 0.25) is 0 Å². The first-order valence-electron chi connectivity index (χ1n) is 7.10. The maximum atomic E-state index is 13.7. The summed E-state index contributed by atoms with van der Waals surface area (Å²) in [7, 11) is -3.64. The van der Waals surface area contributed by atoms with Crippen LogP contribution >= 0.6 is 15.9 Å². The van der Waals surface area contributed by atoms with Crippen LogP contribution in [0, 0.1) is 5.82 Å². The zero-order chi connectivity index (χ0) is 15.2. The Kier molecular flexibility index (Phi) is 4.11. The van der Waals surface area contributed by atoms with Gasteiger partial charge in [-0.3, -0.25) is 4.90 Å². The van der Waals surface area contributed by atoms with Gasteiger partial charge in [-0.25, -0.2) is 12.8 Å². The third-order valence-corrected chi connectivity index (χ3v) is 7.00. The summed E-state index contributed by atoms with van der Waals surface area (Å²) >= 11 is 3.05. The number of fused-ring (bicyclic) bond motifs is 1. The molecule has 0 aromatic heterocycles. The summed E-state index contributed by atoms with van der Waals surface area (Å²) in [6, 6.07) is 4.20. The summed E-state index contributed by atoms with van der Waals surface area (Å²) in [6.07, 6.45) is 2.16. The number of piperazine rings is 1. The molecule has 1 aromatic rings. The van der Waals surface area contributed by atoms with Crippen LogP contribution in [0.1, 0.15) is 19.8 Å². The molecule has 1 aromatic carbocycles. The van der Waals surface area contributed by atoms with Crippen molar-refractivity contribution in [3.63, 3.8) is 0 Å². The highest BCUT2D eigenvalue weighted by Crippen LogP contribution is 2.30. The monoisotopic (exact) mass is 376 g/mol. The minimum Gasteiger partial charge on any atom is -0.297 e. The quantitative estimate of drug-likeness (QED) is 0.795. The van der Waals surface area contributed by atoms with Crippen molar-refractivity contribution in [2.75, 3.05) is 19.6 Å². The van der Waals surface area contributed by atoms with Gasteiger partial charge in [-0.2, -0.15) is 4.31 Å². The molecule has 3 rings (SSSR count). The fourth-order valence-corrected chi connectivity index (χ4v) is 5.19. The predicted octanol–water partition coefficient (Wildman–Crippen LogP) is 2.45. The van der Waals surface area contributed by atoms with Gasteiger partial charge in [-0.05, 0) is 60.4 Å². The lowest BCUT2D eigenvalue weighted by atomic mass is 10.1. The van der Waals surface area contributed by atoms with Gasteiger partial charge >= 0.3 is 0 Å². The molecule has 2 unspecified atom stereocenters. The molecule has 2 aliphatic rings. The molecule has 116 valence electrons. The lowest BCUT2D eigenvalue weighted by molar-refractivity contribution is 0.117. The van der Waals surface area contributed by atoms with Crippen molar-refractivity contribution in [1.82, 2.24) is 9.21 Å². The summed E-state index contributed by atoms with van der Waals surface area (Å²) in [5.41, 5.74) is 0. The van der Waals surface area contributed by atoms with Gasteiger partial charge in [0.15, 0.2) is 0 Å². The molecule has 21 heavy (non-hydrogen) atoms. The van der Waals surface area contributed by atoms with Crippen molar-refractivity contribution in [2.24, 2.45) is 0 Å². The van der Waals surface area contributed by atoms with E-state index in [4.69, 9.17) is 0 Å². The smallest absolute Gasteiger partial charge is 0.243 e. The Morgan fingerprint density at radius 1 is 1.33 bits per heavy atom. The summed E-state index contributed by atoms with van der Waals surface area (Å²) < 4.78 is 41.0. The molecule has 0 radical (unpaired) electrons. The number of hydrogen-bond donors (Lipinski definition) is 0. The van der Waals surface area contributed by atoms with Crippen LogP contribution in [0.3, 0.4) is 0 Å². The summed E-state index contributed by atoms with van der Waals surface area (Å²) in [4.78, 5) is 2.39. The average Bonchev–Trinajstić information content (AvgIpc) is 2.87. The molecule has 2 saturated heterocycles. The Morgan fingerprint density at radius 2 is 2.10 bits per heavy atom. The van der Waals surface area contributed by atoms with Crippen molar-refractivity contribution in [3.05, 3.63) is 28.5 Å². The van der Waals surface area contributed by atoms with Crippen LogP contribution < -0.4 is 0 Å². The fraction of sp³-hybridized carbons (Fsp3) is 0.571. The van der Waals surface area contributed by atoms with Crippen molar-refractivity contribution in [3.8, 4) is 0 Å². The van der Waals surface area contributed by atoms with Gasteiger partial charge in [-0.1, -0.05) is 0 Å². The topological polar surface area (TPSA) is 40.6 Å². The van der Waals surface area contributed by atoms with E-state index in [9.17, 15) is 12.8 Å². The third-order valence-electron chi connectivity index (χ3n) is 4.38. The Bertz CT molecular complexity index is 652. The third kappa shape index (κ3) is 2.76. The van der Waals surface area contributed by atoms with Crippen LogP contribution in [-0.2, 0) is 10.0 Å². The second-order valence-corrected chi connectivity index (χ2v) is 8.54. The van der Waals surface area contributed by atoms with Gasteiger partial charge in [0, 0.05) is 25.2 Å². The predicted molar refractivity (Wildman–Crippen MR) is 82.0 cm³/mol. The summed E-state index contributed by atoms with van der Waals surface area (Å²) in [6.45, 7) is 4.22. The molecular weight excluding hydrogens is 359 g/mol. The summed E-state index contributed by atoms with van der Waals surface area (Å²) in [5.74, 6) is -0.553. The molecule has 0 bridgehead atoms. The van der Waals surface area contributed by atoms with Crippen LogP contribution in [0.25, 0.3) is 0 Å². The maximum Gasteiger partial charge on any atom is 0.243 e. The largest absolute Gasteiger partial charge is 0.297 e. The van der Waals surface area contributed by atoms with E-state index in [0.29, 0.717) is 12.6 Å². The number of hydrogen-bond acceptors (Lipinski definition) is 3. The highest BCUT2D eigenvalue weighted by atomic mass is 79.9.